The Morgan fingerprint density at radius 2 is 1.59 bits per heavy atom. The van der Waals surface area contributed by atoms with Crippen LogP contribution < -0.4 is 0 Å². The van der Waals surface area contributed by atoms with Crippen LogP contribution in [-0.4, -0.2) is 43.8 Å². The lowest BCUT2D eigenvalue weighted by atomic mass is 10.3. The molecule has 0 spiro atoms. The fourth-order valence-corrected chi connectivity index (χ4v) is 0.856. The third kappa shape index (κ3) is 7.36. The molecule has 0 radical (unpaired) electrons. The van der Waals surface area contributed by atoms with E-state index in [1.807, 2.05) is 24.3 Å². The number of rotatable bonds is 2. The van der Waals surface area contributed by atoms with E-state index >= 15 is 0 Å². The van der Waals surface area contributed by atoms with Crippen molar-refractivity contribution in [1.82, 2.24) is 15.4 Å². The molecule has 1 aromatic heterocycles. The van der Waals surface area contributed by atoms with Gasteiger partial charge in [-0.25, -0.2) is 9.78 Å². The summed E-state index contributed by atoms with van der Waals surface area (Å²) in [5.41, 5.74) is 1.90. The Bertz CT molecular complexity index is 348. The van der Waals surface area contributed by atoms with Crippen molar-refractivity contribution >= 4 is 11.0 Å². The van der Waals surface area contributed by atoms with Crippen molar-refractivity contribution in [3.05, 3.63) is 24.3 Å². The third-order valence-electron chi connectivity index (χ3n) is 1.37. The average molecular weight is 243 g/mol. The lowest BCUT2D eigenvalue weighted by molar-refractivity contribution is -0.491. The Hall–Kier alpha value is -1.54. The second-order valence-electron chi connectivity index (χ2n) is 2.64. The molecule has 2 rings (SSSR count). The van der Waals surface area contributed by atoms with Crippen molar-refractivity contribution in [1.29, 1.82) is 0 Å². The molecule has 2 aromatic rings. The second kappa shape index (κ2) is 11.0. The zero-order valence-electron chi connectivity index (χ0n) is 10.3. The van der Waals surface area contributed by atoms with Crippen LogP contribution in [0.1, 0.15) is 0 Å². The highest BCUT2D eigenvalue weighted by atomic mass is 17.5. The molecule has 0 unspecified atom stereocenters. The van der Waals surface area contributed by atoms with Crippen molar-refractivity contribution in [2.75, 3.05) is 28.4 Å². The van der Waals surface area contributed by atoms with E-state index in [0.717, 1.165) is 11.0 Å². The Kier molecular flexibility index (Phi) is 9.97. The van der Waals surface area contributed by atoms with Gasteiger partial charge in [0.05, 0.1) is 19.7 Å². The number of hydrogen-bond donors (Lipinski definition) is 1. The van der Waals surface area contributed by atoms with E-state index in [1.54, 1.807) is 14.2 Å². The monoisotopic (exact) mass is 243 g/mol. The first-order chi connectivity index (χ1) is 8.29. The minimum absolute atomic E-state index is 0.914. The number of aromatic nitrogens is 3. The lowest BCUT2D eigenvalue weighted by Crippen LogP contribution is -1.82. The normalized spacial score (nSPS) is 8.94. The predicted octanol–water partition coefficient (Wildman–Crippen LogP) is 1.35. The highest BCUT2D eigenvalue weighted by Crippen LogP contribution is 2.03. The largest absolute Gasteiger partial charge is 0.388 e. The van der Waals surface area contributed by atoms with Gasteiger partial charge in [-0.2, -0.15) is 0 Å². The number of ether oxygens (including phenoxy) is 1. The average Bonchev–Trinajstić information content (AvgIpc) is 2.80. The quantitative estimate of drug-likeness (QED) is 0.633. The van der Waals surface area contributed by atoms with E-state index in [2.05, 4.69) is 35.0 Å². The molecule has 1 heterocycles. The molecule has 1 N–H and O–H groups in total. The maximum Gasteiger partial charge on any atom is 0.112 e. The van der Waals surface area contributed by atoms with Crippen LogP contribution in [0.25, 0.3) is 11.0 Å². The van der Waals surface area contributed by atoms with E-state index in [-0.39, 0.29) is 0 Å². The van der Waals surface area contributed by atoms with Gasteiger partial charge in [-0.15, -0.1) is 5.10 Å². The fourth-order valence-electron chi connectivity index (χ4n) is 0.856. The van der Waals surface area contributed by atoms with Crippen LogP contribution in [0.5, 0.6) is 0 Å². The van der Waals surface area contributed by atoms with Gasteiger partial charge in [0.1, 0.15) is 5.52 Å². The Morgan fingerprint density at radius 1 is 1.00 bits per heavy atom. The van der Waals surface area contributed by atoms with Crippen LogP contribution in [-0.2, 0) is 19.6 Å². The molecule has 0 aliphatic carbocycles. The summed E-state index contributed by atoms with van der Waals surface area (Å²) in [5.74, 6) is 0. The molecular weight excluding hydrogens is 226 g/mol. The van der Waals surface area contributed by atoms with E-state index in [9.17, 15) is 0 Å². The van der Waals surface area contributed by atoms with E-state index < -0.39 is 0 Å². The summed E-state index contributed by atoms with van der Waals surface area (Å²) in [4.78, 5) is 7.94. The number of nitrogens with one attached hydrogen (secondary N) is 1. The van der Waals surface area contributed by atoms with Gasteiger partial charge in [0.15, 0.2) is 0 Å². The first kappa shape index (κ1) is 15.5. The summed E-state index contributed by atoms with van der Waals surface area (Å²) in [6.07, 6.45) is 0. The van der Waals surface area contributed by atoms with Gasteiger partial charge in [-0.1, -0.05) is 22.4 Å². The van der Waals surface area contributed by atoms with Crippen molar-refractivity contribution in [2.45, 2.75) is 0 Å². The van der Waals surface area contributed by atoms with Gasteiger partial charge >= 0.3 is 0 Å². The van der Waals surface area contributed by atoms with Crippen LogP contribution in [0.15, 0.2) is 24.3 Å². The second-order valence-corrected chi connectivity index (χ2v) is 2.64. The Morgan fingerprint density at radius 3 is 2.06 bits per heavy atom. The molecule has 0 aliphatic heterocycles. The topological polar surface area (TPSA) is 78.5 Å². The number of hydrogen-bond acceptors (Lipinski definition) is 6. The molecule has 17 heavy (non-hydrogen) atoms. The van der Waals surface area contributed by atoms with Crippen LogP contribution in [0, 0.1) is 0 Å². The van der Waals surface area contributed by atoms with E-state index in [1.165, 1.54) is 14.2 Å². The fraction of sp³-hybridized carbons (Fsp3) is 0.400. The van der Waals surface area contributed by atoms with Gasteiger partial charge in [0, 0.05) is 14.2 Å². The lowest BCUT2D eigenvalue weighted by Gasteiger charge is -1.85. The van der Waals surface area contributed by atoms with Crippen LogP contribution in [0.2, 0.25) is 0 Å². The molecule has 1 aromatic carbocycles. The highest BCUT2D eigenvalue weighted by Gasteiger charge is 1.90. The molecular formula is C10H17N3O4. The molecule has 0 saturated heterocycles. The number of nitrogens with zero attached hydrogens (tertiary/aromatic N) is 2. The molecule has 96 valence electrons. The van der Waals surface area contributed by atoms with Crippen molar-refractivity contribution in [3.63, 3.8) is 0 Å². The van der Waals surface area contributed by atoms with Crippen molar-refractivity contribution in [3.8, 4) is 0 Å². The smallest absolute Gasteiger partial charge is 0.112 e. The number of aromatic amines is 1. The molecule has 0 saturated carbocycles. The number of methoxy groups -OCH3 is 1. The van der Waals surface area contributed by atoms with Gasteiger partial charge < -0.3 is 4.74 Å². The van der Waals surface area contributed by atoms with Gasteiger partial charge in [-0.3, -0.25) is 5.10 Å². The Labute approximate surface area is 99.5 Å². The number of para-hydroxylation sites is 1. The molecule has 0 aliphatic rings. The Balaban J connectivity index is 0.000000276. The maximum absolute atomic E-state index is 4.25. The summed E-state index contributed by atoms with van der Waals surface area (Å²) < 4.78 is 4.25. The van der Waals surface area contributed by atoms with Crippen LogP contribution >= 0.6 is 0 Å². The summed E-state index contributed by atoms with van der Waals surface area (Å²) in [5, 5.41) is 14.0. The first-order valence-electron chi connectivity index (χ1n) is 4.69. The number of H-pyrrole nitrogens is 1. The van der Waals surface area contributed by atoms with Gasteiger partial charge in [0.25, 0.3) is 0 Å². The highest BCUT2D eigenvalue weighted by molar-refractivity contribution is 5.72. The summed E-state index contributed by atoms with van der Waals surface area (Å²) in [6, 6.07) is 7.74. The number of fused-ring (bicyclic) bond motifs is 1. The van der Waals surface area contributed by atoms with Gasteiger partial charge in [0.2, 0.25) is 0 Å². The summed E-state index contributed by atoms with van der Waals surface area (Å²) in [6.45, 7) is 0. The maximum atomic E-state index is 4.25. The SMILES string of the molecule is COC.COOOC.c1ccc2[nH]nnc2c1. The van der Waals surface area contributed by atoms with E-state index in [4.69, 9.17) is 0 Å². The summed E-state index contributed by atoms with van der Waals surface area (Å²) >= 11 is 0. The zero-order valence-corrected chi connectivity index (χ0v) is 10.3. The molecule has 0 bridgehead atoms. The molecule has 0 atom stereocenters. The molecule has 0 fully saturated rings. The predicted molar refractivity (Wildman–Crippen MR) is 61.9 cm³/mol. The minimum Gasteiger partial charge on any atom is -0.388 e. The third-order valence-corrected chi connectivity index (χ3v) is 1.37. The summed E-state index contributed by atoms with van der Waals surface area (Å²) in [7, 11) is 5.98. The van der Waals surface area contributed by atoms with E-state index in [0.29, 0.717) is 0 Å². The zero-order chi connectivity index (χ0) is 12.9. The standard InChI is InChI=1S/C6H5N3.C2H6O3.C2H6O/c1-2-4-6-5(3-1)7-9-8-6;1-3-5-4-2;1-3-2/h1-4H,(H,7,8,9);1-2H3;1-2H3. The van der Waals surface area contributed by atoms with Crippen molar-refractivity contribution in [2.24, 2.45) is 0 Å². The molecule has 7 nitrogen and oxygen atoms in total. The molecule has 0 amide bonds. The van der Waals surface area contributed by atoms with Crippen LogP contribution in [0.4, 0.5) is 0 Å². The first-order valence-corrected chi connectivity index (χ1v) is 4.69. The molecule has 7 heteroatoms. The van der Waals surface area contributed by atoms with Crippen molar-refractivity contribution < 1.29 is 19.6 Å². The van der Waals surface area contributed by atoms with Gasteiger partial charge in [-0.05, 0) is 12.1 Å². The minimum atomic E-state index is 0.914. The van der Waals surface area contributed by atoms with Crippen LogP contribution in [0.3, 0.4) is 0 Å². The number of benzene rings is 1.